The fraction of sp³-hybridized carbons (Fsp3) is 0.222. The first-order chi connectivity index (χ1) is 8.97. The van der Waals surface area contributed by atoms with E-state index in [-0.39, 0.29) is 0 Å². The van der Waals surface area contributed by atoms with Crippen LogP contribution in [0, 0.1) is 17.5 Å². The molecule has 0 spiro atoms. The first kappa shape index (κ1) is 16.3. The van der Waals surface area contributed by atoms with Crippen molar-refractivity contribution < 1.29 is 44.5 Å². The lowest BCUT2D eigenvalue weighted by molar-refractivity contribution is -0.0102. The SMILES string of the molecule is O=C(OCC(F)(F)S(=O)(=O)O)c1c(F)ccc(F)c1F. The summed E-state index contributed by atoms with van der Waals surface area (Å²) in [5.41, 5.74) is -1.60. The fourth-order valence-corrected chi connectivity index (χ4v) is 1.22. The second-order valence-corrected chi connectivity index (χ2v) is 4.95. The standard InChI is InChI=1S/C9H5F5O5S/c10-4-1-2-5(11)7(12)6(4)8(15)19-3-9(13,14)20(16,17)18/h1-2H,3H2,(H,16,17,18). The molecule has 1 aromatic carbocycles. The van der Waals surface area contributed by atoms with Gasteiger partial charge in [-0.05, 0) is 12.1 Å². The molecule has 0 aliphatic heterocycles. The Morgan fingerprint density at radius 3 is 2.20 bits per heavy atom. The van der Waals surface area contributed by atoms with Gasteiger partial charge in [0.1, 0.15) is 11.4 Å². The van der Waals surface area contributed by atoms with Crippen molar-refractivity contribution in [3.8, 4) is 0 Å². The van der Waals surface area contributed by atoms with Crippen LogP contribution in [0.25, 0.3) is 0 Å². The highest BCUT2D eigenvalue weighted by Gasteiger charge is 2.46. The van der Waals surface area contributed by atoms with Gasteiger partial charge in [0.2, 0.25) is 0 Å². The zero-order chi connectivity index (χ0) is 15.7. The molecule has 1 rings (SSSR count). The number of ether oxygens (including phenoxy) is 1. The third kappa shape index (κ3) is 3.22. The molecule has 0 saturated carbocycles. The highest BCUT2D eigenvalue weighted by molar-refractivity contribution is 7.86. The zero-order valence-electron chi connectivity index (χ0n) is 9.24. The van der Waals surface area contributed by atoms with E-state index >= 15 is 0 Å². The molecular formula is C9H5F5O5S. The third-order valence-electron chi connectivity index (χ3n) is 2.00. The van der Waals surface area contributed by atoms with Gasteiger partial charge in [-0.1, -0.05) is 0 Å². The van der Waals surface area contributed by atoms with E-state index in [1.54, 1.807) is 0 Å². The fourth-order valence-electron chi connectivity index (χ4n) is 1.01. The van der Waals surface area contributed by atoms with Crippen LogP contribution in [-0.2, 0) is 14.9 Å². The molecule has 1 aromatic rings. The molecule has 5 nitrogen and oxygen atoms in total. The first-order valence-corrected chi connectivity index (χ1v) is 6.07. The number of hydrogen-bond donors (Lipinski definition) is 1. The minimum absolute atomic E-state index is 0.342. The summed E-state index contributed by atoms with van der Waals surface area (Å²) < 4.78 is 96.5. The van der Waals surface area contributed by atoms with Gasteiger partial charge in [-0.2, -0.15) is 17.2 Å². The average molecular weight is 320 g/mol. The van der Waals surface area contributed by atoms with Gasteiger partial charge in [-0.15, -0.1) is 0 Å². The van der Waals surface area contributed by atoms with E-state index in [0.717, 1.165) is 0 Å². The lowest BCUT2D eigenvalue weighted by Crippen LogP contribution is -2.34. The predicted octanol–water partition coefficient (Wildman–Crippen LogP) is 1.74. The molecule has 20 heavy (non-hydrogen) atoms. The second kappa shape index (κ2) is 5.32. The Morgan fingerprint density at radius 2 is 1.70 bits per heavy atom. The lowest BCUT2D eigenvalue weighted by Gasteiger charge is -2.13. The summed E-state index contributed by atoms with van der Waals surface area (Å²) in [6.07, 6.45) is 0. The van der Waals surface area contributed by atoms with Crippen molar-refractivity contribution in [1.82, 2.24) is 0 Å². The Morgan fingerprint density at radius 1 is 1.20 bits per heavy atom. The maximum Gasteiger partial charge on any atom is 0.402 e. The highest BCUT2D eigenvalue weighted by Crippen LogP contribution is 2.22. The van der Waals surface area contributed by atoms with Gasteiger partial charge in [-0.3, -0.25) is 4.55 Å². The van der Waals surface area contributed by atoms with Crippen LogP contribution in [0.5, 0.6) is 0 Å². The summed E-state index contributed by atoms with van der Waals surface area (Å²) >= 11 is 0. The summed E-state index contributed by atoms with van der Waals surface area (Å²) in [4.78, 5) is 11.1. The summed E-state index contributed by atoms with van der Waals surface area (Å²) in [7, 11) is -5.88. The molecule has 0 heterocycles. The van der Waals surface area contributed by atoms with Crippen molar-refractivity contribution in [3.63, 3.8) is 0 Å². The van der Waals surface area contributed by atoms with Crippen molar-refractivity contribution in [2.45, 2.75) is 5.25 Å². The van der Waals surface area contributed by atoms with E-state index in [9.17, 15) is 35.2 Å². The molecular weight excluding hydrogens is 315 g/mol. The molecule has 0 bridgehead atoms. The molecule has 0 aromatic heterocycles. The van der Waals surface area contributed by atoms with E-state index in [1.807, 2.05) is 0 Å². The molecule has 0 amide bonds. The van der Waals surface area contributed by atoms with E-state index < -0.39 is 51.0 Å². The van der Waals surface area contributed by atoms with Gasteiger partial charge < -0.3 is 4.74 Å². The number of alkyl halides is 2. The van der Waals surface area contributed by atoms with Gasteiger partial charge in [0.25, 0.3) is 0 Å². The monoisotopic (exact) mass is 320 g/mol. The molecule has 0 atom stereocenters. The van der Waals surface area contributed by atoms with Gasteiger partial charge in [0.05, 0.1) is 0 Å². The number of carbonyl (C=O) groups is 1. The topological polar surface area (TPSA) is 80.7 Å². The van der Waals surface area contributed by atoms with Crippen LogP contribution >= 0.6 is 0 Å². The van der Waals surface area contributed by atoms with Gasteiger partial charge >= 0.3 is 21.3 Å². The lowest BCUT2D eigenvalue weighted by atomic mass is 10.2. The van der Waals surface area contributed by atoms with E-state index in [1.165, 1.54) is 0 Å². The normalized spacial score (nSPS) is 12.3. The van der Waals surface area contributed by atoms with Crippen molar-refractivity contribution in [2.75, 3.05) is 6.61 Å². The van der Waals surface area contributed by atoms with Gasteiger partial charge in [0.15, 0.2) is 18.2 Å². The summed E-state index contributed by atoms with van der Waals surface area (Å²) in [6.45, 7) is -2.19. The minimum atomic E-state index is -5.88. The largest absolute Gasteiger partial charge is 0.454 e. The van der Waals surface area contributed by atoms with Crippen molar-refractivity contribution in [2.24, 2.45) is 0 Å². The van der Waals surface area contributed by atoms with Gasteiger partial charge in [-0.25, -0.2) is 18.0 Å². The molecule has 1 N–H and O–H groups in total. The molecule has 0 saturated heterocycles. The summed E-state index contributed by atoms with van der Waals surface area (Å²) in [5, 5.41) is -4.87. The van der Waals surface area contributed by atoms with Crippen LogP contribution in [0.1, 0.15) is 10.4 Å². The number of carbonyl (C=O) groups excluding carboxylic acids is 1. The van der Waals surface area contributed by atoms with Crippen LogP contribution in [0.15, 0.2) is 12.1 Å². The predicted molar refractivity (Wildman–Crippen MR) is 53.1 cm³/mol. The third-order valence-corrected chi connectivity index (χ3v) is 2.87. The summed E-state index contributed by atoms with van der Waals surface area (Å²) in [6, 6.07) is 0.685. The second-order valence-electron chi connectivity index (χ2n) is 3.41. The molecule has 0 fully saturated rings. The molecule has 0 radical (unpaired) electrons. The Hall–Kier alpha value is -1.75. The number of rotatable bonds is 4. The maximum absolute atomic E-state index is 13.1. The molecule has 0 aliphatic rings. The van der Waals surface area contributed by atoms with Crippen LogP contribution in [0.4, 0.5) is 22.0 Å². The smallest absolute Gasteiger partial charge is 0.402 e. The minimum Gasteiger partial charge on any atom is -0.454 e. The van der Waals surface area contributed by atoms with Gasteiger partial charge in [0, 0.05) is 0 Å². The Labute approximate surface area is 108 Å². The van der Waals surface area contributed by atoms with Crippen molar-refractivity contribution in [1.29, 1.82) is 0 Å². The highest BCUT2D eigenvalue weighted by atomic mass is 32.2. The molecule has 0 aliphatic carbocycles. The molecule has 0 unspecified atom stereocenters. The Kier molecular flexibility index (Phi) is 4.34. The first-order valence-electron chi connectivity index (χ1n) is 4.63. The van der Waals surface area contributed by atoms with Crippen LogP contribution in [0.3, 0.4) is 0 Å². The van der Waals surface area contributed by atoms with E-state index in [2.05, 4.69) is 4.74 Å². The molecule has 112 valence electrons. The zero-order valence-corrected chi connectivity index (χ0v) is 10.1. The Balaban J connectivity index is 2.98. The van der Waals surface area contributed by atoms with Crippen LogP contribution in [0.2, 0.25) is 0 Å². The quantitative estimate of drug-likeness (QED) is 0.396. The van der Waals surface area contributed by atoms with E-state index in [0.29, 0.717) is 12.1 Å². The van der Waals surface area contributed by atoms with Crippen molar-refractivity contribution in [3.05, 3.63) is 35.1 Å². The summed E-state index contributed by atoms with van der Waals surface area (Å²) in [5.74, 6) is -7.27. The van der Waals surface area contributed by atoms with Crippen LogP contribution in [-0.4, -0.2) is 30.8 Å². The van der Waals surface area contributed by atoms with Crippen molar-refractivity contribution >= 4 is 16.1 Å². The van der Waals surface area contributed by atoms with Crippen LogP contribution < -0.4 is 0 Å². The maximum atomic E-state index is 13.1. The van der Waals surface area contributed by atoms with E-state index in [4.69, 9.17) is 4.55 Å². The average Bonchev–Trinajstić information content (AvgIpc) is 2.30. The Bertz CT molecular complexity index is 642. The molecule has 11 heteroatoms. The number of benzene rings is 1. The number of hydrogen-bond acceptors (Lipinski definition) is 4. The number of esters is 1. The number of halogens is 5.